The molecule has 2 heterocycles. The SMILES string of the molecule is CCn1c(=O)n(CC)c2cc(NC(=O)CSc3nnc(-c4cc(Br)ccc4O)n3-c3ccc(C)cc3C)ccc21. The van der Waals surface area contributed by atoms with Gasteiger partial charge in [-0.25, -0.2) is 4.79 Å². The topological polar surface area (TPSA) is 107 Å². The Morgan fingerprint density at radius 2 is 1.73 bits per heavy atom. The van der Waals surface area contributed by atoms with Gasteiger partial charge in [-0.15, -0.1) is 10.2 Å². The standard InChI is InChI=1S/C29H29BrN6O3S/c1-5-34-23-11-9-20(15-24(23)35(6-2)29(34)39)31-26(38)16-40-28-33-32-27(21-14-19(30)8-12-25(21)37)36(28)22-10-7-17(3)13-18(22)4/h7-15,37H,5-6,16H2,1-4H3,(H,31,38). The molecule has 0 aliphatic heterocycles. The summed E-state index contributed by atoms with van der Waals surface area (Å²) in [7, 11) is 0. The zero-order valence-corrected chi connectivity index (χ0v) is 25.0. The third kappa shape index (κ3) is 5.18. The van der Waals surface area contributed by atoms with Crippen LogP contribution in [0.2, 0.25) is 0 Å². The minimum Gasteiger partial charge on any atom is -0.507 e. The number of imidazole rings is 1. The summed E-state index contributed by atoms with van der Waals surface area (Å²) in [6.45, 7) is 9.01. The second-order valence-corrected chi connectivity index (χ2v) is 11.3. The third-order valence-corrected chi connectivity index (χ3v) is 8.12. The number of carbonyl (C=O) groups excluding carboxylic acids is 1. The number of benzene rings is 3. The third-order valence-electron chi connectivity index (χ3n) is 6.69. The Kier molecular flexibility index (Phi) is 7.86. The lowest BCUT2D eigenvalue weighted by Crippen LogP contribution is -2.23. The maximum Gasteiger partial charge on any atom is 0.329 e. The van der Waals surface area contributed by atoms with E-state index in [-0.39, 0.29) is 23.1 Å². The lowest BCUT2D eigenvalue weighted by Gasteiger charge is -2.14. The number of nitrogens with zero attached hydrogens (tertiary/aromatic N) is 5. The molecule has 0 saturated carbocycles. The molecular formula is C29H29BrN6O3S. The van der Waals surface area contributed by atoms with Crippen molar-refractivity contribution in [3.8, 4) is 22.8 Å². The molecule has 0 radical (unpaired) electrons. The lowest BCUT2D eigenvalue weighted by atomic mass is 10.1. The summed E-state index contributed by atoms with van der Waals surface area (Å²) in [6.07, 6.45) is 0. The van der Waals surface area contributed by atoms with Gasteiger partial charge in [0.1, 0.15) is 5.75 Å². The molecule has 206 valence electrons. The summed E-state index contributed by atoms with van der Waals surface area (Å²) in [5.74, 6) is 0.416. The van der Waals surface area contributed by atoms with Crippen molar-refractivity contribution in [2.45, 2.75) is 45.9 Å². The van der Waals surface area contributed by atoms with Gasteiger partial charge in [-0.3, -0.25) is 18.5 Å². The van der Waals surface area contributed by atoms with Crippen LogP contribution in [0.3, 0.4) is 0 Å². The molecule has 0 aliphatic carbocycles. The van der Waals surface area contributed by atoms with E-state index in [2.05, 4.69) is 37.5 Å². The van der Waals surface area contributed by atoms with Gasteiger partial charge in [0.15, 0.2) is 11.0 Å². The molecule has 2 aromatic heterocycles. The number of aromatic nitrogens is 5. The zero-order chi connectivity index (χ0) is 28.6. The number of thioether (sulfide) groups is 1. The van der Waals surface area contributed by atoms with Crippen molar-refractivity contribution in [2.24, 2.45) is 0 Å². The summed E-state index contributed by atoms with van der Waals surface area (Å²) in [5, 5.41) is 22.9. The average molecular weight is 622 g/mol. The van der Waals surface area contributed by atoms with Crippen LogP contribution in [0.15, 0.2) is 69.0 Å². The maximum absolute atomic E-state index is 13.0. The summed E-state index contributed by atoms with van der Waals surface area (Å²) >= 11 is 4.73. The van der Waals surface area contributed by atoms with Gasteiger partial charge in [0.25, 0.3) is 0 Å². The van der Waals surface area contributed by atoms with Crippen LogP contribution in [0, 0.1) is 13.8 Å². The van der Waals surface area contributed by atoms with Crippen molar-refractivity contribution in [1.82, 2.24) is 23.9 Å². The monoisotopic (exact) mass is 620 g/mol. The number of amides is 1. The molecule has 3 aromatic carbocycles. The number of aromatic hydroxyl groups is 1. The normalized spacial score (nSPS) is 11.3. The van der Waals surface area contributed by atoms with Crippen LogP contribution >= 0.6 is 27.7 Å². The number of anilines is 1. The number of hydrogen-bond acceptors (Lipinski definition) is 6. The van der Waals surface area contributed by atoms with E-state index in [0.29, 0.717) is 35.3 Å². The van der Waals surface area contributed by atoms with E-state index in [4.69, 9.17) is 0 Å². The molecule has 0 spiro atoms. The first-order valence-electron chi connectivity index (χ1n) is 12.9. The second-order valence-electron chi connectivity index (χ2n) is 9.40. The van der Waals surface area contributed by atoms with Crippen LogP contribution < -0.4 is 11.0 Å². The summed E-state index contributed by atoms with van der Waals surface area (Å²) in [6, 6.07) is 16.7. The van der Waals surface area contributed by atoms with Crippen molar-refractivity contribution < 1.29 is 9.90 Å². The van der Waals surface area contributed by atoms with Gasteiger partial charge in [-0.2, -0.15) is 0 Å². The van der Waals surface area contributed by atoms with Gasteiger partial charge in [0.05, 0.1) is 28.0 Å². The maximum atomic E-state index is 13.0. The first-order chi connectivity index (χ1) is 19.2. The van der Waals surface area contributed by atoms with E-state index in [1.54, 1.807) is 27.3 Å². The zero-order valence-electron chi connectivity index (χ0n) is 22.6. The number of hydrogen-bond donors (Lipinski definition) is 2. The van der Waals surface area contributed by atoms with E-state index in [1.165, 1.54) is 11.8 Å². The highest BCUT2D eigenvalue weighted by Gasteiger charge is 2.21. The van der Waals surface area contributed by atoms with Gasteiger partial charge >= 0.3 is 5.69 Å². The van der Waals surface area contributed by atoms with Crippen LogP contribution in [0.25, 0.3) is 28.1 Å². The summed E-state index contributed by atoms with van der Waals surface area (Å²) in [4.78, 5) is 25.7. The van der Waals surface area contributed by atoms with E-state index >= 15 is 0 Å². The molecule has 11 heteroatoms. The number of carbonyl (C=O) groups is 1. The molecule has 5 rings (SSSR count). The van der Waals surface area contributed by atoms with Crippen molar-refractivity contribution in [3.05, 3.63) is 80.7 Å². The molecule has 5 aromatic rings. The number of halogens is 1. The van der Waals surface area contributed by atoms with Gasteiger partial charge in [-0.1, -0.05) is 45.4 Å². The summed E-state index contributed by atoms with van der Waals surface area (Å²) < 4.78 is 6.09. The van der Waals surface area contributed by atoms with Crippen molar-refractivity contribution >= 4 is 50.3 Å². The number of rotatable bonds is 8. The molecule has 0 fully saturated rings. The lowest BCUT2D eigenvalue weighted by molar-refractivity contribution is -0.113. The molecule has 0 aliphatic rings. The van der Waals surface area contributed by atoms with Gasteiger partial charge in [0.2, 0.25) is 5.91 Å². The molecule has 0 saturated heterocycles. The minimum absolute atomic E-state index is 0.0583. The number of phenolic OH excluding ortho intramolecular Hbond substituents is 1. The van der Waals surface area contributed by atoms with Gasteiger partial charge < -0.3 is 10.4 Å². The Balaban J connectivity index is 1.44. The molecule has 0 bridgehead atoms. The van der Waals surface area contributed by atoms with E-state index in [0.717, 1.165) is 32.3 Å². The Morgan fingerprint density at radius 3 is 2.45 bits per heavy atom. The molecule has 0 atom stereocenters. The Morgan fingerprint density at radius 1 is 0.975 bits per heavy atom. The van der Waals surface area contributed by atoms with E-state index in [9.17, 15) is 14.7 Å². The van der Waals surface area contributed by atoms with E-state index in [1.807, 2.05) is 62.6 Å². The predicted molar refractivity (Wildman–Crippen MR) is 163 cm³/mol. The van der Waals surface area contributed by atoms with Gasteiger partial charge in [0, 0.05) is 23.2 Å². The van der Waals surface area contributed by atoms with Crippen LogP contribution in [0.4, 0.5) is 5.69 Å². The fourth-order valence-corrected chi connectivity index (χ4v) is 5.94. The number of fused-ring (bicyclic) bond motifs is 1. The highest BCUT2D eigenvalue weighted by molar-refractivity contribution is 9.10. The number of phenols is 1. The molecule has 2 N–H and O–H groups in total. The Hall–Kier alpha value is -3.83. The quantitative estimate of drug-likeness (QED) is 0.209. The van der Waals surface area contributed by atoms with Crippen molar-refractivity contribution in [2.75, 3.05) is 11.1 Å². The largest absolute Gasteiger partial charge is 0.507 e. The highest BCUT2D eigenvalue weighted by atomic mass is 79.9. The van der Waals surface area contributed by atoms with Crippen LogP contribution in [-0.4, -0.2) is 40.7 Å². The van der Waals surface area contributed by atoms with Crippen LogP contribution in [0.1, 0.15) is 25.0 Å². The highest BCUT2D eigenvalue weighted by Crippen LogP contribution is 2.35. The van der Waals surface area contributed by atoms with E-state index < -0.39 is 0 Å². The van der Waals surface area contributed by atoms with Crippen LogP contribution in [0.5, 0.6) is 5.75 Å². The molecular weight excluding hydrogens is 592 g/mol. The fraction of sp³-hybridized carbons (Fsp3) is 0.241. The minimum atomic E-state index is -0.216. The molecule has 40 heavy (non-hydrogen) atoms. The van der Waals surface area contributed by atoms with Gasteiger partial charge in [-0.05, 0) is 75.7 Å². The van der Waals surface area contributed by atoms with Crippen molar-refractivity contribution in [3.63, 3.8) is 0 Å². The number of aryl methyl sites for hydroxylation is 4. The number of nitrogens with one attached hydrogen (secondary N) is 1. The second kappa shape index (κ2) is 11.3. The predicted octanol–water partition coefficient (Wildman–Crippen LogP) is 5.91. The van der Waals surface area contributed by atoms with Crippen molar-refractivity contribution in [1.29, 1.82) is 0 Å². The first kappa shape index (κ1) is 27.7. The Bertz CT molecular complexity index is 1810. The smallest absolute Gasteiger partial charge is 0.329 e. The Labute approximate surface area is 244 Å². The average Bonchev–Trinajstić information content (AvgIpc) is 3.45. The first-order valence-corrected chi connectivity index (χ1v) is 14.7. The fourth-order valence-electron chi connectivity index (χ4n) is 4.83. The van der Waals surface area contributed by atoms with Crippen LogP contribution in [-0.2, 0) is 17.9 Å². The molecule has 1 amide bonds. The summed E-state index contributed by atoms with van der Waals surface area (Å²) in [5.41, 5.74) is 5.69. The molecule has 9 nitrogen and oxygen atoms in total. The molecule has 0 unspecified atom stereocenters.